The molecule has 0 bridgehead atoms. The zero-order valence-corrected chi connectivity index (χ0v) is 30.4. The van der Waals surface area contributed by atoms with E-state index in [1.54, 1.807) is 0 Å². The minimum atomic E-state index is 0.536. The summed E-state index contributed by atoms with van der Waals surface area (Å²) < 4.78 is 15.6. The molecule has 266 valence electrons. The average molecular weight is 731 g/mol. The maximum atomic E-state index is 6.86. The molecule has 0 spiro atoms. The summed E-state index contributed by atoms with van der Waals surface area (Å²) in [5.74, 6) is 1.71. The highest BCUT2D eigenvalue weighted by Gasteiger charge is 2.24. The second-order valence-corrected chi connectivity index (χ2v) is 14.3. The van der Waals surface area contributed by atoms with Crippen LogP contribution < -0.4 is 0 Å². The van der Waals surface area contributed by atoms with Crippen LogP contribution in [0.1, 0.15) is 0 Å². The van der Waals surface area contributed by atoms with E-state index in [1.807, 2.05) is 60.7 Å². The summed E-state index contributed by atoms with van der Waals surface area (Å²) >= 11 is 0. The minimum Gasteiger partial charge on any atom is -0.456 e. The molecule has 0 aliphatic carbocycles. The van der Waals surface area contributed by atoms with E-state index in [1.165, 1.54) is 0 Å². The molecule has 0 N–H and O–H groups in total. The van der Waals surface area contributed by atoms with Crippen LogP contribution in [-0.2, 0) is 0 Å². The highest BCUT2D eigenvalue weighted by molar-refractivity contribution is 6.28. The van der Waals surface area contributed by atoms with Gasteiger partial charge in [0.2, 0.25) is 0 Å². The Hall–Kier alpha value is -7.83. The van der Waals surface area contributed by atoms with E-state index in [2.05, 4.69) is 126 Å². The summed E-state index contributed by atoms with van der Waals surface area (Å²) in [6.07, 6.45) is 0. The topological polar surface area (TPSA) is 69.9 Å². The molecule has 0 saturated carbocycles. The summed E-state index contributed by atoms with van der Waals surface area (Å²) in [5, 5.41) is 6.53. The van der Waals surface area contributed by atoms with E-state index in [0.717, 1.165) is 93.6 Å². The van der Waals surface area contributed by atoms with Gasteiger partial charge in [0.25, 0.3) is 0 Å². The monoisotopic (exact) mass is 730 g/mol. The van der Waals surface area contributed by atoms with Gasteiger partial charge in [-0.3, -0.25) is 0 Å². The van der Waals surface area contributed by atoms with Gasteiger partial charge in [-0.15, -0.1) is 0 Å². The SMILES string of the molecule is c1ccc(-c2cccc(-c3nc(-c4ccccc4)nc(-c4ccc(-n5c6ccccc6c6c7c(ccc65)oc5ccccc57)c5c4oc4ccccc45)n3)c2)cc1. The van der Waals surface area contributed by atoms with Crippen LogP contribution in [0.3, 0.4) is 0 Å². The Morgan fingerprint density at radius 1 is 0.351 bits per heavy atom. The van der Waals surface area contributed by atoms with Crippen molar-refractivity contribution in [2.45, 2.75) is 0 Å². The molecule has 12 aromatic rings. The average Bonchev–Trinajstić information content (AvgIpc) is 3.97. The van der Waals surface area contributed by atoms with Gasteiger partial charge in [-0.05, 0) is 59.7 Å². The normalized spacial score (nSPS) is 11.9. The highest BCUT2D eigenvalue weighted by atomic mass is 16.3. The van der Waals surface area contributed by atoms with E-state index in [-0.39, 0.29) is 0 Å². The summed E-state index contributed by atoms with van der Waals surface area (Å²) in [7, 11) is 0. The Morgan fingerprint density at radius 2 is 0.947 bits per heavy atom. The lowest BCUT2D eigenvalue weighted by molar-refractivity contribution is 0.669. The maximum absolute atomic E-state index is 6.86. The van der Waals surface area contributed by atoms with Crippen LogP contribution in [0.5, 0.6) is 0 Å². The van der Waals surface area contributed by atoms with Gasteiger partial charge in [0, 0.05) is 38.1 Å². The quantitative estimate of drug-likeness (QED) is 0.176. The van der Waals surface area contributed by atoms with E-state index in [4.69, 9.17) is 23.8 Å². The van der Waals surface area contributed by atoms with Gasteiger partial charge in [0.05, 0.1) is 27.7 Å². The van der Waals surface area contributed by atoms with E-state index in [0.29, 0.717) is 23.1 Å². The van der Waals surface area contributed by atoms with Crippen molar-refractivity contribution < 1.29 is 8.83 Å². The summed E-state index contributed by atoms with van der Waals surface area (Å²) in [5.41, 5.74) is 11.2. The molecule has 0 amide bonds. The Kier molecular flexibility index (Phi) is 6.83. The third-order valence-electron chi connectivity index (χ3n) is 11.1. The van der Waals surface area contributed by atoms with Crippen LogP contribution in [0.25, 0.3) is 117 Å². The van der Waals surface area contributed by atoms with Crippen LogP contribution in [0.4, 0.5) is 0 Å². The molecule has 0 aliphatic rings. The summed E-state index contributed by atoms with van der Waals surface area (Å²) in [4.78, 5) is 15.4. The maximum Gasteiger partial charge on any atom is 0.167 e. The number of fused-ring (bicyclic) bond motifs is 10. The Bertz CT molecular complexity index is 3530. The number of nitrogens with zero attached hydrogens (tertiary/aromatic N) is 4. The van der Waals surface area contributed by atoms with Gasteiger partial charge in [-0.2, -0.15) is 0 Å². The van der Waals surface area contributed by atoms with Gasteiger partial charge in [0.1, 0.15) is 22.3 Å². The van der Waals surface area contributed by atoms with Gasteiger partial charge < -0.3 is 13.4 Å². The molecule has 6 heteroatoms. The van der Waals surface area contributed by atoms with Crippen molar-refractivity contribution in [3.8, 4) is 51.0 Å². The second-order valence-electron chi connectivity index (χ2n) is 14.3. The Morgan fingerprint density at radius 3 is 1.74 bits per heavy atom. The number of aromatic nitrogens is 4. The van der Waals surface area contributed by atoms with Crippen LogP contribution in [-0.4, -0.2) is 19.5 Å². The number of hydrogen-bond acceptors (Lipinski definition) is 5. The number of benzene rings is 8. The predicted octanol–water partition coefficient (Wildman–Crippen LogP) is 13.4. The smallest absolute Gasteiger partial charge is 0.167 e. The van der Waals surface area contributed by atoms with Crippen molar-refractivity contribution >= 4 is 65.7 Å². The molecule has 0 radical (unpaired) electrons. The molecular formula is C51H30N4O2. The molecule has 0 aliphatic heterocycles. The third-order valence-corrected chi connectivity index (χ3v) is 11.1. The first-order valence-corrected chi connectivity index (χ1v) is 19.0. The Balaban J connectivity index is 1.13. The van der Waals surface area contributed by atoms with E-state index in [9.17, 15) is 0 Å². The van der Waals surface area contributed by atoms with Crippen molar-refractivity contribution in [2.24, 2.45) is 0 Å². The summed E-state index contributed by atoms with van der Waals surface area (Å²) in [6, 6.07) is 62.5. The van der Waals surface area contributed by atoms with Crippen LogP contribution in [0, 0.1) is 0 Å². The molecule has 0 fully saturated rings. The number of para-hydroxylation sites is 3. The fraction of sp³-hybridized carbons (Fsp3) is 0. The van der Waals surface area contributed by atoms with Crippen LogP contribution in [0.15, 0.2) is 191 Å². The van der Waals surface area contributed by atoms with E-state index >= 15 is 0 Å². The van der Waals surface area contributed by atoms with Gasteiger partial charge >= 0.3 is 0 Å². The molecule has 0 saturated heterocycles. The lowest BCUT2D eigenvalue weighted by Gasteiger charge is -2.13. The fourth-order valence-electron chi connectivity index (χ4n) is 8.52. The standard InChI is InChI=1S/C51H30N4O2/c1-3-14-31(15-4-1)33-18-13-19-34(30-33)50-52-49(32-16-5-2-6-17-32)53-51(54-50)38-26-27-41(46-36-21-8-12-25-43(36)57-48(38)46)55-39-23-10-7-20-35(39)45-40(55)28-29-44-47(45)37-22-9-11-24-42(37)56-44/h1-30H. The van der Waals surface area contributed by atoms with Gasteiger partial charge in [-0.25, -0.2) is 15.0 Å². The molecule has 0 unspecified atom stereocenters. The van der Waals surface area contributed by atoms with Crippen molar-refractivity contribution in [3.05, 3.63) is 182 Å². The molecule has 4 aromatic heterocycles. The van der Waals surface area contributed by atoms with E-state index < -0.39 is 0 Å². The minimum absolute atomic E-state index is 0.536. The molecule has 8 aromatic carbocycles. The lowest BCUT2D eigenvalue weighted by Crippen LogP contribution is -2.01. The van der Waals surface area contributed by atoms with Crippen LogP contribution in [0.2, 0.25) is 0 Å². The largest absolute Gasteiger partial charge is 0.456 e. The van der Waals surface area contributed by atoms with Crippen molar-refractivity contribution in [3.63, 3.8) is 0 Å². The first-order chi connectivity index (χ1) is 28.3. The predicted molar refractivity (Wildman–Crippen MR) is 230 cm³/mol. The highest BCUT2D eigenvalue weighted by Crippen LogP contribution is 2.45. The van der Waals surface area contributed by atoms with Crippen molar-refractivity contribution in [2.75, 3.05) is 0 Å². The number of hydrogen-bond donors (Lipinski definition) is 0. The molecule has 6 nitrogen and oxygen atoms in total. The zero-order valence-electron chi connectivity index (χ0n) is 30.4. The molecule has 4 heterocycles. The number of rotatable bonds is 5. The Labute approximate surface area is 325 Å². The van der Waals surface area contributed by atoms with Crippen molar-refractivity contribution in [1.29, 1.82) is 0 Å². The molecule has 57 heavy (non-hydrogen) atoms. The summed E-state index contributed by atoms with van der Waals surface area (Å²) in [6.45, 7) is 0. The van der Waals surface area contributed by atoms with Crippen LogP contribution >= 0.6 is 0 Å². The second kappa shape index (κ2) is 12.3. The first-order valence-electron chi connectivity index (χ1n) is 19.0. The number of furan rings is 2. The fourth-order valence-corrected chi connectivity index (χ4v) is 8.52. The third kappa shape index (κ3) is 4.87. The van der Waals surface area contributed by atoms with Gasteiger partial charge in [-0.1, -0.05) is 133 Å². The van der Waals surface area contributed by atoms with Crippen molar-refractivity contribution in [1.82, 2.24) is 19.5 Å². The van der Waals surface area contributed by atoms with Gasteiger partial charge in [0.15, 0.2) is 17.5 Å². The zero-order chi connectivity index (χ0) is 37.5. The molecular weight excluding hydrogens is 701 g/mol. The molecule has 12 rings (SSSR count). The first kappa shape index (κ1) is 31.5. The molecule has 0 atom stereocenters. The lowest BCUT2D eigenvalue weighted by atomic mass is 10.0.